The molecule has 0 aliphatic carbocycles. The van der Waals surface area contributed by atoms with Gasteiger partial charge in [0.15, 0.2) is 0 Å². The van der Waals surface area contributed by atoms with Gasteiger partial charge in [0.2, 0.25) is 0 Å². The molecule has 0 fully saturated rings. The van der Waals surface area contributed by atoms with Crippen LogP contribution in [0.3, 0.4) is 0 Å². The van der Waals surface area contributed by atoms with E-state index < -0.39 is 12.2 Å². The average Bonchev–Trinajstić information content (AvgIpc) is 2.34. The first-order chi connectivity index (χ1) is 9.20. The van der Waals surface area contributed by atoms with Gasteiger partial charge in [-0.3, -0.25) is 0 Å². The number of aliphatic hydroxyl groups excluding tert-OH is 1. The fourth-order valence-electron chi connectivity index (χ4n) is 1.67. The Morgan fingerprint density at radius 2 is 2.10 bits per heavy atom. The molecule has 5 nitrogen and oxygen atoms in total. The van der Waals surface area contributed by atoms with Gasteiger partial charge in [0.25, 0.3) is 0 Å². The molecule has 0 bridgehead atoms. The van der Waals surface area contributed by atoms with Crippen LogP contribution < -0.4 is 0 Å². The zero-order chi connectivity index (χ0) is 15.3. The predicted octanol–water partition coefficient (Wildman–Crippen LogP) is 3.01. The number of amides is 1. The molecule has 1 heterocycles. The van der Waals surface area contributed by atoms with E-state index in [1.54, 1.807) is 18.3 Å². The summed E-state index contributed by atoms with van der Waals surface area (Å²) >= 11 is 5.69. The van der Waals surface area contributed by atoms with Crippen molar-refractivity contribution < 1.29 is 15.0 Å². The zero-order valence-corrected chi connectivity index (χ0v) is 12.8. The number of aliphatic hydroxyl groups is 1. The topological polar surface area (TPSA) is 73.7 Å². The van der Waals surface area contributed by atoms with Crippen LogP contribution in [0.5, 0.6) is 0 Å². The molecule has 0 aliphatic rings. The second kappa shape index (κ2) is 6.90. The molecule has 0 aliphatic heterocycles. The molecule has 1 amide bonds. The van der Waals surface area contributed by atoms with E-state index in [1.807, 2.05) is 20.8 Å². The number of carbonyl (C=O) groups is 1. The second-order valence-corrected chi connectivity index (χ2v) is 6.25. The third kappa shape index (κ3) is 5.35. The van der Waals surface area contributed by atoms with E-state index in [2.05, 4.69) is 4.98 Å². The summed E-state index contributed by atoms with van der Waals surface area (Å²) in [6.45, 7) is 6.27. The molecule has 20 heavy (non-hydrogen) atoms. The van der Waals surface area contributed by atoms with E-state index in [1.165, 1.54) is 4.90 Å². The van der Waals surface area contributed by atoms with Crippen molar-refractivity contribution in [3.63, 3.8) is 0 Å². The normalized spacial score (nSPS) is 13.1. The number of halogens is 1. The van der Waals surface area contributed by atoms with E-state index in [0.717, 1.165) is 5.56 Å². The summed E-state index contributed by atoms with van der Waals surface area (Å²) < 4.78 is 0. The molecule has 1 aromatic heterocycles. The van der Waals surface area contributed by atoms with Crippen LogP contribution in [-0.2, 0) is 6.54 Å². The number of aromatic nitrogens is 1. The molecule has 0 spiro atoms. The third-order valence-electron chi connectivity index (χ3n) is 3.10. The lowest BCUT2D eigenvalue weighted by molar-refractivity contribution is 0.0449. The van der Waals surface area contributed by atoms with Crippen molar-refractivity contribution in [1.29, 1.82) is 0 Å². The number of nitrogens with zero attached hydrogens (tertiary/aromatic N) is 2. The van der Waals surface area contributed by atoms with Gasteiger partial charge in [-0.1, -0.05) is 38.4 Å². The van der Waals surface area contributed by atoms with Gasteiger partial charge in [0.1, 0.15) is 5.15 Å². The van der Waals surface area contributed by atoms with Gasteiger partial charge in [0, 0.05) is 12.7 Å². The molecular formula is C14H21ClN2O3. The molecule has 1 unspecified atom stereocenters. The molecule has 1 atom stereocenters. The summed E-state index contributed by atoms with van der Waals surface area (Å²) in [6, 6.07) is 3.37. The Balaban J connectivity index is 2.61. The van der Waals surface area contributed by atoms with Crippen molar-refractivity contribution in [2.75, 3.05) is 6.54 Å². The molecule has 0 saturated heterocycles. The van der Waals surface area contributed by atoms with E-state index >= 15 is 0 Å². The van der Waals surface area contributed by atoms with Gasteiger partial charge in [-0.15, -0.1) is 0 Å². The standard InChI is InChI=1S/C14H21ClN2O3/c1-14(2,3)11(18)6-7-17(13(19)20)9-10-4-5-12(15)16-8-10/h4-5,8,11,18H,6-7,9H2,1-3H3,(H,19,20). The number of carboxylic acid groups (broad SMARTS) is 1. The van der Waals surface area contributed by atoms with Crippen molar-refractivity contribution >= 4 is 17.7 Å². The van der Waals surface area contributed by atoms with E-state index in [9.17, 15) is 15.0 Å². The number of pyridine rings is 1. The van der Waals surface area contributed by atoms with Gasteiger partial charge in [0.05, 0.1) is 12.6 Å². The summed E-state index contributed by atoms with van der Waals surface area (Å²) in [5.41, 5.74) is 0.508. The summed E-state index contributed by atoms with van der Waals surface area (Å²) in [5.74, 6) is 0. The summed E-state index contributed by atoms with van der Waals surface area (Å²) in [7, 11) is 0. The van der Waals surface area contributed by atoms with E-state index in [-0.39, 0.29) is 18.5 Å². The van der Waals surface area contributed by atoms with E-state index in [0.29, 0.717) is 11.6 Å². The van der Waals surface area contributed by atoms with Crippen LogP contribution in [-0.4, -0.2) is 38.8 Å². The highest BCUT2D eigenvalue weighted by Gasteiger charge is 2.23. The summed E-state index contributed by atoms with van der Waals surface area (Å²) in [5, 5.41) is 19.5. The van der Waals surface area contributed by atoms with Crippen molar-refractivity contribution in [1.82, 2.24) is 9.88 Å². The fourth-order valence-corrected chi connectivity index (χ4v) is 1.79. The first kappa shape index (κ1) is 16.7. The van der Waals surface area contributed by atoms with Crippen molar-refractivity contribution in [2.45, 2.75) is 39.8 Å². The predicted molar refractivity (Wildman–Crippen MR) is 77.8 cm³/mol. The molecule has 6 heteroatoms. The Bertz CT molecular complexity index is 443. The maximum absolute atomic E-state index is 11.2. The average molecular weight is 301 g/mol. The minimum Gasteiger partial charge on any atom is -0.465 e. The highest BCUT2D eigenvalue weighted by molar-refractivity contribution is 6.29. The third-order valence-corrected chi connectivity index (χ3v) is 3.33. The van der Waals surface area contributed by atoms with Crippen molar-refractivity contribution in [3.05, 3.63) is 29.0 Å². The monoisotopic (exact) mass is 300 g/mol. The lowest BCUT2D eigenvalue weighted by Crippen LogP contribution is -2.35. The number of hydrogen-bond donors (Lipinski definition) is 2. The summed E-state index contributed by atoms with van der Waals surface area (Å²) in [6.07, 6.45) is 0.392. The van der Waals surface area contributed by atoms with Gasteiger partial charge >= 0.3 is 6.09 Å². The Morgan fingerprint density at radius 1 is 1.45 bits per heavy atom. The smallest absolute Gasteiger partial charge is 0.407 e. The van der Waals surface area contributed by atoms with Crippen molar-refractivity contribution in [3.8, 4) is 0 Å². The van der Waals surface area contributed by atoms with Crippen LogP contribution in [0.25, 0.3) is 0 Å². The first-order valence-electron chi connectivity index (χ1n) is 6.46. The first-order valence-corrected chi connectivity index (χ1v) is 6.84. The van der Waals surface area contributed by atoms with Gasteiger partial charge in [-0.25, -0.2) is 9.78 Å². The lowest BCUT2D eigenvalue weighted by atomic mass is 9.87. The van der Waals surface area contributed by atoms with Crippen LogP contribution >= 0.6 is 11.6 Å². The van der Waals surface area contributed by atoms with Crippen LogP contribution in [0, 0.1) is 5.41 Å². The SMILES string of the molecule is CC(C)(C)C(O)CCN(Cc1ccc(Cl)nc1)C(=O)O. The molecule has 0 radical (unpaired) electrons. The quantitative estimate of drug-likeness (QED) is 0.820. The molecule has 112 valence electrons. The van der Waals surface area contributed by atoms with Gasteiger partial charge in [-0.2, -0.15) is 0 Å². The molecular weight excluding hydrogens is 280 g/mol. The van der Waals surface area contributed by atoms with Crippen LogP contribution in [0.2, 0.25) is 5.15 Å². The van der Waals surface area contributed by atoms with Crippen LogP contribution in [0.4, 0.5) is 4.79 Å². The lowest BCUT2D eigenvalue weighted by Gasteiger charge is -2.28. The summed E-state index contributed by atoms with van der Waals surface area (Å²) in [4.78, 5) is 16.4. The van der Waals surface area contributed by atoms with Crippen LogP contribution in [0.1, 0.15) is 32.8 Å². The van der Waals surface area contributed by atoms with Gasteiger partial charge in [-0.05, 0) is 23.5 Å². The van der Waals surface area contributed by atoms with Crippen molar-refractivity contribution in [2.24, 2.45) is 5.41 Å². The van der Waals surface area contributed by atoms with Gasteiger partial charge < -0.3 is 15.1 Å². The Morgan fingerprint density at radius 3 is 2.55 bits per heavy atom. The maximum atomic E-state index is 11.2. The molecule has 0 saturated carbocycles. The number of rotatable bonds is 5. The number of hydrogen-bond acceptors (Lipinski definition) is 3. The maximum Gasteiger partial charge on any atom is 0.407 e. The van der Waals surface area contributed by atoms with Crippen LogP contribution in [0.15, 0.2) is 18.3 Å². The molecule has 2 N–H and O–H groups in total. The Kier molecular flexibility index (Phi) is 5.77. The minimum absolute atomic E-state index is 0.233. The highest BCUT2D eigenvalue weighted by Crippen LogP contribution is 2.22. The zero-order valence-electron chi connectivity index (χ0n) is 12.0. The fraction of sp³-hybridized carbons (Fsp3) is 0.571. The van der Waals surface area contributed by atoms with E-state index in [4.69, 9.17) is 11.6 Å². The largest absolute Gasteiger partial charge is 0.465 e. The second-order valence-electron chi connectivity index (χ2n) is 5.86. The Hall–Kier alpha value is -1.33. The Labute approximate surface area is 124 Å². The molecule has 1 aromatic rings. The molecule has 1 rings (SSSR count). The molecule has 0 aromatic carbocycles. The highest BCUT2D eigenvalue weighted by atomic mass is 35.5. The minimum atomic E-state index is -1.01.